The third-order valence-electron chi connectivity index (χ3n) is 2.62. The van der Waals surface area contributed by atoms with Crippen LogP contribution < -0.4 is 5.32 Å². The lowest BCUT2D eigenvalue weighted by Crippen LogP contribution is -2.43. The van der Waals surface area contributed by atoms with Crippen molar-refractivity contribution in [1.29, 1.82) is 0 Å². The molecule has 0 unspecified atom stereocenters. The number of alkyl carbamates (subject to hydrolysis) is 1. The first kappa shape index (κ1) is 16.8. The second-order valence-electron chi connectivity index (χ2n) is 5.75. The standard InChI is InChI=1S/C15H21NO5/c1-15(2,3)21-14(20)16-12(13(18)19)8-7-10-5-4-6-11(17)9-10/h4-6,9,12,17H,7-8H2,1-3H3,(H,16,20)(H,18,19)/t12-/m1/s1. The maximum absolute atomic E-state index is 11.6. The molecule has 1 rings (SSSR count). The van der Waals surface area contributed by atoms with Gasteiger partial charge in [0.05, 0.1) is 0 Å². The smallest absolute Gasteiger partial charge is 0.408 e. The minimum absolute atomic E-state index is 0.125. The number of hydrogen-bond donors (Lipinski definition) is 3. The molecule has 0 aromatic heterocycles. The van der Waals surface area contributed by atoms with Crippen molar-refractivity contribution >= 4 is 12.1 Å². The van der Waals surface area contributed by atoms with Gasteiger partial charge in [0.15, 0.2) is 0 Å². The molecule has 1 amide bonds. The monoisotopic (exact) mass is 295 g/mol. The van der Waals surface area contributed by atoms with Crippen molar-refractivity contribution in [3.8, 4) is 5.75 Å². The summed E-state index contributed by atoms with van der Waals surface area (Å²) < 4.78 is 5.04. The topological polar surface area (TPSA) is 95.9 Å². The Hall–Kier alpha value is -2.24. The molecular formula is C15H21NO5. The molecule has 3 N–H and O–H groups in total. The number of aryl methyl sites for hydroxylation is 1. The third-order valence-corrected chi connectivity index (χ3v) is 2.62. The fourth-order valence-corrected chi connectivity index (χ4v) is 1.73. The summed E-state index contributed by atoms with van der Waals surface area (Å²) in [6.07, 6.45) is -0.134. The quantitative estimate of drug-likeness (QED) is 0.774. The highest BCUT2D eigenvalue weighted by Crippen LogP contribution is 2.14. The summed E-state index contributed by atoms with van der Waals surface area (Å²) in [5.41, 5.74) is 0.116. The van der Waals surface area contributed by atoms with E-state index in [0.29, 0.717) is 6.42 Å². The van der Waals surface area contributed by atoms with Gasteiger partial charge >= 0.3 is 12.1 Å². The summed E-state index contributed by atoms with van der Waals surface area (Å²) in [4.78, 5) is 22.8. The second-order valence-corrected chi connectivity index (χ2v) is 5.75. The van der Waals surface area contributed by atoms with Crippen LogP contribution in [-0.4, -0.2) is 33.9 Å². The van der Waals surface area contributed by atoms with Crippen LogP contribution in [0.25, 0.3) is 0 Å². The molecule has 0 saturated heterocycles. The molecule has 0 aliphatic heterocycles. The number of carbonyl (C=O) groups excluding carboxylic acids is 1. The summed E-state index contributed by atoms with van der Waals surface area (Å²) in [7, 11) is 0. The van der Waals surface area contributed by atoms with Gasteiger partial charge in [-0.25, -0.2) is 9.59 Å². The van der Waals surface area contributed by atoms with E-state index < -0.39 is 23.7 Å². The highest BCUT2D eigenvalue weighted by Gasteiger charge is 2.23. The van der Waals surface area contributed by atoms with E-state index >= 15 is 0 Å². The van der Waals surface area contributed by atoms with E-state index in [0.717, 1.165) is 5.56 Å². The summed E-state index contributed by atoms with van der Waals surface area (Å²) in [5, 5.41) is 20.8. The van der Waals surface area contributed by atoms with Crippen LogP contribution in [-0.2, 0) is 16.0 Å². The highest BCUT2D eigenvalue weighted by atomic mass is 16.6. The summed E-state index contributed by atoms with van der Waals surface area (Å²) in [6, 6.07) is 5.53. The molecule has 0 heterocycles. The lowest BCUT2D eigenvalue weighted by molar-refractivity contribution is -0.139. The molecule has 0 radical (unpaired) electrons. The van der Waals surface area contributed by atoms with E-state index in [1.54, 1.807) is 39.0 Å². The van der Waals surface area contributed by atoms with Gasteiger partial charge in [0.25, 0.3) is 0 Å². The van der Waals surface area contributed by atoms with E-state index in [-0.39, 0.29) is 12.2 Å². The number of phenolic OH excluding ortho intramolecular Hbond substituents is 1. The number of carboxylic acid groups (broad SMARTS) is 1. The zero-order chi connectivity index (χ0) is 16.0. The molecule has 1 atom stereocenters. The van der Waals surface area contributed by atoms with Gasteiger partial charge in [-0.2, -0.15) is 0 Å². The molecule has 0 fully saturated rings. The number of phenols is 1. The van der Waals surface area contributed by atoms with Crippen molar-refractivity contribution in [2.75, 3.05) is 0 Å². The number of hydrogen-bond acceptors (Lipinski definition) is 4. The van der Waals surface area contributed by atoms with Crippen LogP contribution >= 0.6 is 0 Å². The Morgan fingerprint density at radius 1 is 1.33 bits per heavy atom. The van der Waals surface area contributed by atoms with Crippen molar-refractivity contribution in [3.63, 3.8) is 0 Å². The molecule has 0 bridgehead atoms. The van der Waals surface area contributed by atoms with Crippen molar-refractivity contribution in [2.24, 2.45) is 0 Å². The van der Waals surface area contributed by atoms with E-state index in [2.05, 4.69) is 5.32 Å². The van der Waals surface area contributed by atoms with Gasteiger partial charge in [-0.3, -0.25) is 0 Å². The number of carbonyl (C=O) groups is 2. The van der Waals surface area contributed by atoms with E-state index in [4.69, 9.17) is 9.84 Å². The van der Waals surface area contributed by atoms with E-state index in [1.165, 1.54) is 6.07 Å². The number of amides is 1. The fourth-order valence-electron chi connectivity index (χ4n) is 1.73. The van der Waals surface area contributed by atoms with Gasteiger partial charge < -0.3 is 20.3 Å². The maximum Gasteiger partial charge on any atom is 0.408 e. The molecular weight excluding hydrogens is 274 g/mol. The summed E-state index contributed by atoms with van der Waals surface area (Å²) in [5.74, 6) is -1.000. The maximum atomic E-state index is 11.6. The lowest BCUT2D eigenvalue weighted by Gasteiger charge is -2.22. The van der Waals surface area contributed by atoms with Crippen LogP contribution in [0, 0.1) is 0 Å². The molecule has 6 nitrogen and oxygen atoms in total. The molecule has 0 aliphatic carbocycles. The Balaban J connectivity index is 2.58. The number of rotatable bonds is 5. The van der Waals surface area contributed by atoms with Gasteiger partial charge in [-0.1, -0.05) is 12.1 Å². The Morgan fingerprint density at radius 3 is 2.52 bits per heavy atom. The molecule has 116 valence electrons. The predicted octanol–water partition coefficient (Wildman–Crippen LogP) is 2.30. The average Bonchev–Trinajstić information content (AvgIpc) is 2.32. The van der Waals surface area contributed by atoms with Crippen molar-refractivity contribution in [1.82, 2.24) is 5.32 Å². The number of aromatic hydroxyl groups is 1. The van der Waals surface area contributed by atoms with Gasteiger partial charge in [-0.05, 0) is 51.3 Å². The number of ether oxygens (including phenoxy) is 1. The molecule has 0 spiro atoms. The second kappa shape index (κ2) is 6.97. The van der Waals surface area contributed by atoms with Crippen LogP contribution in [0.2, 0.25) is 0 Å². The Bertz CT molecular complexity index is 507. The van der Waals surface area contributed by atoms with Gasteiger partial charge in [0.1, 0.15) is 17.4 Å². The van der Waals surface area contributed by atoms with Crippen molar-refractivity contribution in [3.05, 3.63) is 29.8 Å². The first-order chi connectivity index (χ1) is 9.67. The normalized spacial score (nSPS) is 12.5. The molecule has 6 heteroatoms. The minimum atomic E-state index is -1.12. The molecule has 21 heavy (non-hydrogen) atoms. The number of benzene rings is 1. The minimum Gasteiger partial charge on any atom is -0.508 e. The zero-order valence-corrected chi connectivity index (χ0v) is 12.4. The molecule has 0 saturated carbocycles. The third kappa shape index (κ3) is 6.65. The number of nitrogens with one attached hydrogen (secondary N) is 1. The molecule has 1 aromatic carbocycles. The van der Waals surface area contributed by atoms with Gasteiger partial charge in [0.2, 0.25) is 0 Å². The van der Waals surface area contributed by atoms with Gasteiger partial charge in [-0.15, -0.1) is 0 Å². The Labute approximate surface area is 123 Å². The SMILES string of the molecule is CC(C)(C)OC(=O)N[C@H](CCc1cccc(O)c1)C(=O)O. The zero-order valence-electron chi connectivity index (χ0n) is 12.4. The van der Waals surface area contributed by atoms with Crippen LogP contribution in [0.3, 0.4) is 0 Å². The Morgan fingerprint density at radius 2 is 2.00 bits per heavy atom. The van der Waals surface area contributed by atoms with Gasteiger partial charge in [0, 0.05) is 0 Å². The average molecular weight is 295 g/mol. The van der Waals surface area contributed by atoms with E-state index in [1.807, 2.05) is 0 Å². The first-order valence-electron chi connectivity index (χ1n) is 6.67. The first-order valence-corrected chi connectivity index (χ1v) is 6.67. The number of carboxylic acids is 1. The van der Waals surface area contributed by atoms with Crippen molar-refractivity contribution in [2.45, 2.75) is 45.3 Å². The van der Waals surface area contributed by atoms with Crippen LogP contribution in [0.1, 0.15) is 32.8 Å². The van der Waals surface area contributed by atoms with Crippen LogP contribution in [0.15, 0.2) is 24.3 Å². The molecule has 1 aromatic rings. The molecule has 0 aliphatic rings. The summed E-state index contributed by atoms with van der Waals surface area (Å²) >= 11 is 0. The fraction of sp³-hybridized carbons (Fsp3) is 0.467. The van der Waals surface area contributed by atoms with E-state index in [9.17, 15) is 14.7 Å². The largest absolute Gasteiger partial charge is 0.508 e. The highest BCUT2D eigenvalue weighted by molar-refractivity contribution is 5.80. The van der Waals surface area contributed by atoms with Crippen LogP contribution in [0.4, 0.5) is 4.79 Å². The predicted molar refractivity (Wildman–Crippen MR) is 77.2 cm³/mol. The lowest BCUT2D eigenvalue weighted by atomic mass is 10.1. The van der Waals surface area contributed by atoms with Crippen LogP contribution in [0.5, 0.6) is 5.75 Å². The number of aliphatic carboxylic acids is 1. The van der Waals surface area contributed by atoms with Crippen molar-refractivity contribution < 1.29 is 24.5 Å². The summed E-state index contributed by atoms with van der Waals surface area (Å²) in [6.45, 7) is 5.11. The Kier molecular flexibility index (Phi) is 5.58.